The number of hydrogen-bond donors (Lipinski definition) is 1. The lowest BCUT2D eigenvalue weighted by atomic mass is 10.2. The molecule has 0 radical (unpaired) electrons. The summed E-state index contributed by atoms with van der Waals surface area (Å²) in [5, 5.41) is 0. The maximum Gasteiger partial charge on any atom is 0.125 e. The Bertz CT molecular complexity index is 508. The molecule has 0 unspecified atom stereocenters. The predicted molar refractivity (Wildman–Crippen MR) is 73.4 cm³/mol. The van der Waals surface area contributed by atoms with Crippen LogP contribution in [0.1, 0.15) is 5.56 Å². The number of nitrogen functional groups attached to an aromatic ring is 1. The summed E-state index contributed by atoms with van der Waals surface area (Å²) in [5.74, 6) is 1.23. The molecule has 2 aromatic rings. The zero-order valence-corrected chi connectivity index (χ0v) is 10.8. The zero-order chi connectivity index (χ0) is 13.0. The zero-order valence-electron chi connectivity index (χ0n) is 10.0. The largest absolute Gasteiger partial charge is 0.497 e. The fourth-order valence-corrected chi connectivity index (χ4v) is 2.43. The van der Waals surface area contributed by atoms with Crippen molar-refractivity contribution < 1.29 is 9.13 Å². The van der Waals surface area contributed by atoms with Gasteiger partial charge in [-0.2, -0.15) is 0 Å². The molecule has 0 amide bonds. The van der Waals surface area contributed by atoms with Crippen molar-refractivity contribution in [1.29, 1.82) is 0 Å². The highest BCUT2D eigenvalue weighted by atomic mass is 32.2. The number of nitrogens with two attached hydrogens (primary N) is 1. The van der Waals surface area contributed by atoms with Gasteiger partial charge in [-0.3, -0.25) is 0 Å². The summed E-state index contributed by atoms with van der Waals surface area (Å²) in [5.41, 5.74) is 6.94. The molecule has 0 fully saturated rings. The molecule has 0 spiro atoms. The number of anilines is 1. The summed E-state index contributed by atoms with van der Waals surface area (Å²) >= 11 is 1.63. The van der Waals surface area contributed by atoms with Crippen molar-refractivity contribution in [2.75, 3.05) is 12.8 Å². The molecule has 4 heteroatoms. The van der Waals surface area contributed by atoms with Crippen molar-refractivity contribution >= 4 is 17.4 Å². The smallest absolute Gasteiger partial charge is 0.125 e. The van der Waals surface area contributed by atoms with E-state index in [4.69, 9.17) is 10.5 Å². The maximum atomic E-state index is 13.1. The minimum absolute atomic E-state index is 0.291. The Balaban J connectivity index is 2.01. The number of rotatable bonds is 4. The van der Waals surface area contributed by atoms with Crippen LogP contribution >= 0.6 is 11.8 Å². The van der Waals surface area contributed by atoms with Gasteiger partial charge in [-0.05, 0) is 48.0 Å². The first kappa shape index (κ1) is 12.8. The summed E-state index contributed by atoms with van der Waals surface area (Å²) in [6.45, 7) is 0. The van der Waals surface area contributed by atoms with E-state index in [0.717, 1.165) is 16.2 Å². The van der Waals surface area contributed by atoms with Crippen molar-refractivity contribution in [2.24, 2.45) is 0 Å². The third-order valence-electron chi connectivity index (χ3n) is 2.44. The quantitative estimate of drug-likeness (QED) is 0.674. The molecule has 0 saturated heterocycles. The van der Waals surface area contributed by atoms with E-state index in [2.05, 4.69) is 0 Å². The van der Waals surface area contributed by atoms with E-state index in [1.165, 1.54) is 12.1 Å². The predicted octanol–water partition coefficient (Wildman–Crippen LogP) is 3.71. The third-order valence-corrected chi connectivity index (χ3v) is 3.53. The molecular formula is C14H14FNOS. The topological polar surface area (TPSA) is 35.2 Å². The highest BCUT2D eigenvalue weighted by molar-refractivity contribution is 7.98. The van der Waals surface area contributed by atoms with Crippen LogP contribution < -0.4 is 10.5 Å². The summed E-state index contributed by atoms with van der Waals surface area (Å²) < 4.78 is 18.2. The lowest BCUT2D eigenvalue weighted by Crippen LogP contribution is -1.90. The Hall–Kier alpha value is -1.68. The maximum absolute atomic E-state index is 13.1. The van der Waals surface area contributed by atoms with Crippen molar-refractivity contribution in [3.63, 3.8) is 0 Å². The van der Waals surface area contributed by atoms with Crippen molar-refractivity contribution in [2.45, 2.75) is 10.6 Å². The van der Waals surface area contributed by atoms with Crippen molar-refractivity contribution in [1.82, 2.24) is 0 Å². The van der Waals surface area contributed by atoms with E-state index in [-0.39, 0.29) is 5.82 Å². The van der Waals surface area contributed by atoms with E-state index in [0.29, 0.717) is 11.4 Å². The van der Waals surface area contributed by atoms with Crippen LogP contribution in [-0.4, -0.2) is 7.11 Å². The van der Waals surface area contributed by atoms with E-state index in [1.807, 2.05) is 24.3 Å². The minimum atomic E-state index is -0.291. The Kier molecular flexibility index (Phi) is 4.10. The second-order valence-electron chi connectivity index (χ2n) is 3.86. The van der Waals surface area contributed by atoms with Crippen LogP contribution in [0.3, 0.4) is 0 Å². The lowest BCUT2D eigenvalue weighted by Gasteiger charge is -2.05. The van der Waals surface area contributed by atoms with Crippen molar-refractivity contribution in [3.8, 4) is 5.75 Å². The standard InChI is InChI=1S/C14H14FNOS/c1-17-13-2-4-14(5-3-13)18-9-10-6-11(15)8-12(16)7-10/h2-8H,9,16H2,1H3. The number of halogens is 1. The van der Waals surface area contributed by atoms with Crippen LogP contribution in [0.2, 0.25) is 0 Å². The molecule has 0 aliphatic heterocycles. The van der Waals surface area contributed by atoms with Gasteiger partial charge in [0.1, 0.15) is 11.6 Å². The number of ether oxygens (including phenoxy) is 1. The molecule has 2 N–H and O–H groups in total. The van der Waals surface area contributed by atoms with Crippen LogP contribution in [0, 0.1) is 5.82 Å². The Morgan fingerprint density at radius 2 is 1.89 bits per heavy atom. The molecule has 2 aromatic carbocycles. The van der Waals surface area contributed by atoms with Gasteiger partial charge in [-0.25, -0.2) is 4.39 Å². The van der Waals surface area contributed by atoms with Crippen LogP contribution in [-0.2, 0) is 5.75 Å². The van der Waals surface area contributed by atoms with Gasteiger partial charge in [0, 0.05) is 16.3 Å². The van der Waals surface area contributed by atoms with Crippen LogP contribution in [0.15, 0.2) is 47.4 Å². The molecule has 0 aliphatic carbocycles. The van der Waals surface area contributed by atoms with Gasteiger partial charge in [0.05, 0.1) is 7.11 Å². The summed E-state index contributed by atoms with van der Waals surface area (Å²) in [4.78, 5) is 1.11. The van der Waals surface area contributed by atoms with Crippen molar-refractivity contribution in [3.05, 3.63) is 53.8 Å². The van der Waals surface area contributed by atoms with Gasteiger partial charge in [-0.1, -0.05) is 0 Å². The van der Waals surface area contributed by atoms with Gasteiger partial charge in [0.2, 0.25) is 0 Å². The first-order valence-electron chi connectivity index (χ1n) is 5.49. The molecule has 2 rings (SSSR count). The average molecular weight is 263 g/mol. The normalized spacial score (nSPS) is 10.3. The summed E-state index contributed by atoms with van der Waals surface area (Å²) in [6.07, 6.45) is 0. The number of thioether (sulfide) groups is 1. The van der Waals surface area contributed by atoms with Gasteiger partial charge in [0.15, 0.2) is 0 Å². The van der Waals surface area contributed by atoms with Crippen LogP contribution in [0.25, 0.3) is 0 Å². The number of benzene rings is 2. The van der Waals surface area contributed by atoms with Gasteiger partial charge in [0.25, 0.3) is 0 Å². The first-order chi connectivity index (χ1) is 8.67. The van der Waals surface area contributed by atoms with E-state index in [9.17, 15) is 4.39 Å². The highest BCUT2D eigenvalue weighted by Crippen LogP contribution is 2.25. The highest BCUT2D eigenvalue weighted by Gasteiger charge is 2.01. The SMILES string of the molecule is COc1ccc(SCc2cc(N)cc(F)c2)cc1. The molecule has 94 valence electrons. The fourth-order valence-electron chi connectivity index (χ4n) is 1.60. The Morgan fingerprint density at radius 1 is 1.17 bits per heavy atom. The van der Waals surface area contributed by atoms with Crippen LogP contribution in [0.5, 0.6) is 5.75 Å². The summed E-state index contributed by atoms with van der Waals surface area (Å²) in [6, 6.07) is 12.4. The molecule has 0 bridgehead atoms. The molecule has 0 aromatic heterocycles. The number of hydrogen-bond acceptors (Lipinski definition) is 3. The molecule has 0 saturated carbocycles. The lowest BCUT2D eigenvalue weighted by molar-refractivity contribution is 0.414. The Morgan fingerprint density at radius 3 is 2.50 bits per heavy atom. The Labute approximate surface area is 110 Å². The fraction of sp³-hybridized carbons (Fsp3) is 0.143. The molecule has 0 atom stereocenters. The molecule has 0 heterocycles. The van der Waals surface area contributed by atoms with Gasteiger partial charge >= 0.3 is 0 Å². The molecule has 18 heavy (non-hydrogen) atoms. The first-order valence-corrected chi connectivity index (χ1v) is 6.48. The van der Waals surface area contributed by atoms with Gasteiger partial charge in [-0.15, -0.1) is 11.8 Å². The van der Waals surface area contributed by atoms with E-state index < -0.39 is 0 Å². The monoisotopic (exact) mass is 263 g/mol. The second-order valence-corrected chi connectivity index (χ2v) is 4.91. The minimum Gasteiger partial charge on any atom is -0.497 e. The molecular weight excluding hydrogens is 249 g/mol. The average Bonchev–Trinajstić information content (AvgIpc) is 2.36. The van der Waals surface area contributed by atoms with E-state index in [1.54, 1.807) is 24.9 Å². The second kappa shape index (κ2) is 5.78. The molecule has 2 nitrogen and oxygen atoms in total. The summed E-state index contributed by atoms with van der Waals surface area (Å²) in [7, 11) is 1.64. The molecule has 0 aliphatic rings. The van der Waals surface area contributed by atoms with Gasteiger partial charge < -0.3 is 10.5 Å². The van der Waals surface area contributed by atoms with E-state index >= 15 is 0 Å². The number of methoxy groups -OCH3 is 1. The van der Waals surface area contributed by atoms with Crippen LogP contribution in [0.4, 0.5) is 10.1 Å². The third kappa shape index (κ3) is 3.40.